The SMILES string of the molecule is CCCCCCCCCNC(=O)C[N+](=O)[O-]. The Morgan fingerprint density at radius 3 is 2.25 bits per heavy atom. The Morgan fingerprint density at radius 2 is 1.69 bits per heavy atom. The fraction of sp³-hybridized carbons (Fsp3) is 0.909. The van der Waals surface area contributed by atoms with Crippen molar-refractivity contribution >= 4 is 5.91 Å². The molecule has 0 rings (SSSR count). The molecule has 0 bridgehead atoms. The van der Waals surface area contributed by atoms with Gasteiger partial charge >= 0.3 is 0 Å². The van der Waals surface area contributed by atoms with E-state index < -0.39 is 17.4 Å². The molecule has 0 saturated heterocycles. The molecule has 0 aliphatic carbocycles. The van der Waals surface area contributed by atoms with Crippen molar-refractivity contribution < 1.29 is 9.72 Å². The molecule has 0 fully saturated rings. The van der Waals surface area contributed by atoms with Crippen LogP contribution in [-0.2, 0) is 4.79 Å². The predicted octanol–water partition coefficient (Wildman–Crippen LogP) is 2.13. The van der Waals surface area contributed by atoms with Crippen LogP contribution in [-0.4, -0.2) is 23.9 Å². The van der Waals surface area contributed by atoms with Crippen LogP contribution in [0, 0.1) is 10.1 Å². The van der Waals surface area contributed by atoms with Gasteiger partial charge in [0, 0.05) is 11.5 Å². The zero-order valence-corrected chi connectivity index (χ0v) is 10.0. The number of carbonyl (C=O) groups excluding carboxylic acids is 1. The van der Waals surface area contributed by atoms with E-state index in [0.717, 1.165) is 12.8 Å². The fourth-order valence-electron chi connectivity index (χ4n) is 1.48. The third-order valence-electron chi connectivity index (χ3n) is 2.38. The highest BCUT2D eigenvalue weighted by atomic mass is 16.6. The highest BCUT2D eigenvalue weighted by Crippen LogP contribution is 2.06. The Hall–Kier alpha value is -1.13. The molecular weight excluding hydrogens is 208 g/mol. The number of nitrogens with one attached hydrogen (secondary N) is 1. The number of unbranched alkanes of at least 4 members (excludes halogenated alkanes) is 6. The summed E-state index contributed by atoms with van der Waals surface area (Å²) in [5.41, 5.74) is 0. The predicted molar refractivity (Wildman–Crippen MR) is 62.9 cm³/mol. The van der Waals surface area contributed by atoms with E-state index in [1.165, 1.54) is 32.1 Å². The summed E-state index contributed by atoms with van der Waals surface area (Å²) in [6, 6.07) is 0. The summed E-state index contributed by atoms with van der Waals surface area (Å²) in [7, 11) is 0. The Bertz CT molecular complexity index is 207. The molecule has 1 amide bonds. The van der Waals surface area contributed by atoms with Gasteiger partial charge < -0.3 is 5.32 Å². The van der Waals surface area contributed by atoms with Crippen LogP contribution in [0.15, 0.2) is 0 Å². The smallest absolute Gasteiger partial charge is 0.291 e. The molecule has 94 valence electrons. The minimum absolute atomic E-state index is 0.490. The first-order valence-electron chi connectivity index (χ1n) is 6.05. The van der Waals surface area contributed by atoms with Crippen molar-refractivity contribution in [3.8, 4) is 0 Å². The van der Waals surface area contributed by atoms with E-state index in [2.05, 4.69) is 12.2 Å². The summed E-state index contributed by atoms with van der Waals surface area (Å²) in [5.74, 6) is -0.490. The molecule has 0 spiro atoms. The molecule has 0 aliphatic rings. The maximum absolute atomic E-state index is 10.9. The number of hydrogen-bond acceptors (Lipinski definition) is 3. The highest BCUT2D eigenvalue weighted by Gasteiger charge is 2.07. The molecule has 5 nitrogen and oxygen atoms in total. The standard InChI is InChI=1S/C11H22N2O3/c1-2-3-4-5-6-7-8-9-12-11(14)10-13(15)16/h2-10H2,1H3,(H,12,14). The number of nitro groups is 1. The van der Waals surface area contributed by atoms with Crippen LogP contribution >= 0.6 is 0 Å². The summed E-state index contributed by atoms with van der Waals surface area (Å²) in [4.78, 5) is 20.3. The number of amides is 1. The van der Waals surface area contributed by atoms with Crippen molar-refractivity contribution in [3.63, 3.8) is 0 Å². The Balaban J connectivity index is 3.14. The van der Waals surface area contributed by atoms with Crippen LogP contribution in [0.4, 0.5) is 0 Å². The lowest BCUT2D eigenvalue weighted by Gasteiger charge is -2.02. The van der Waals surface area contributed by atoms with Crippen LogP contribution in [0.3, 0.4) is 0 Å². The van der Waals surface area contributed by atoms with Gasteiger partial charge in [-0.3, -0.25) is 14.9 Å². The van der Waals surface area contributed by atoms with E-state index in [9.17, 15) is 14.9 Å². The average Bonchev–Trinajstić information content (AvgIpc) is 2.21. The third kappa shape index (κ3) is 10.9. The van der Waals surface area contributed by atoms with Gasteiger partial charge in [-0.05, 0) is 6.42 Å². The molecule has 0 aromatic rings. The Labute approximate surface area is 96.8 Å². The summed E-state index contributed by atoms with van der Waals surface area (Å²) >= 11 is 0. The zero-order chi connectivity index (χ0) is 12.2. The average molecular weight is 230 g/mol. The van der Waals surface area contributed by atoms with Crippen molar-refractivity contribution in [3.05, 3.63) is 10.1 Å². The van der Waals surface area contributed by atoms with Crippen LogP contribution in [0.25, 0.3) is 0 Å². The second kappa shape index (κ2) is 10.4. The minimum Gasteiger partial charge on any atom is -0.350 e. The second-order valence-electron chi connectivity index (χ2n) is 3.96. The summed E-state index contributed by atoms with van der Waals surface area (Å²) in [6.45, 7) is 2.13. The molecular formula is C11H22N2O3. The largest absolute Gasteiger partial charge is 0.350 e. The first-order chi connectivity index (χ1) is 7.66. The highest BCUT2D eigenvalue weighted by molar-refractivity contribution is 5.76. The fourth-order valence-corrected chi connectivity index (χ4v) is 1.48. The molecule has 16 heavy (non-hydrogen) atoms. The molecule has 0 unspecified atom stereocenters. The number of rotatable bonds is 10. The quantitative estimate of drug-likeness (QED) is 0.355. The van der Waals surface area contributed by atoms with Crippen molar-refractivity contribution in [1.82, 2.24) is 5.32 Å². The molecule has 1 N–H and O–H groups in total. The molecule has 5 heteroatoms. The lowest BCUT2D eigenvalue weighted by atomic mass is 10.1. The van der Waals surface area contributed by atoms with Gasteiger partial charge in [0.1, 0.15) is 0 Å². The topological polar surface area (TPSA) is 72.2 Å². The summed E-state index contributed by atoms with van der Waals surface area (Å²) in [5, 5.41) is 12.5. The first-order valence-corrected chi connectivity index (χ1v) is 6.05. The van der Waals surface area contributed by atoms with E-state index in [-0.39, 0.29) is 0 Å². The van der Waals surface area contributed by atoms with Gasteiger partial charge in [0.15, 0.2) is 0 Å². The lowest BCUT2D eigenvalue weighted by molar-refractivity contribution is -0.467. The lowest BCUT2D eigenvalue weighted by Crippen LogP contribution is -2.30. The number of carbonyl (C=O) groups is 1. The molecule has 0 saturated carbocycles. The van der Waals surface area contributed by atoms with E-state index >= 15 is 0 Å². The number of hydrogen-bond donors (Lipinski definition) is 1. The van der Waals surface area contributed by atoms with E-state index in [0.29, 0.717) is 6.54 Å². The zero-order valence-electron chi connectivity index (χ0n) is 10.0. The van der Waals surface area contributed by atoms with Gasteiger partial charge in [-0.25, -0.2) is 0 Å². The molecule has 0 aromatic heterocycles. The summed E-state index contributed by atoms with van der Waals surface area (Å²) < 4.78 is 0. The maximum Gasteiger partial charge on any atom is 0.291 e. The van der Waals surface area contributed by atoms with Gasteiger partial charge in [0.25, 0.3) is 12.5 Å². The van der Waals surface area contributed by atoms with E-state index in [1.54, 1.807) is 0 Å². The van der Waals surface area contributed by atoms with Crippen LogP contribution in [0.2, 0.25) is 0 Å². The normalized spacial score (nSPS) is 10.1. The van der Waals surface area contributed by atoms with Gasteiger partial charge in [-0.15, -0.1) is 0 Å². The molecule has 0 aromatic carbocycles. The molecule has 0 heterocycles. The first kappa shape index (κ1) is 14.9. The van der Waals surface area contributed by atoms with Crippen molar-refractivity contribution in [1.29, 1.82) is 0 Å². The minimum atomic E-state index is -0.615. The number of nitrogens with zero attached hydrogens (tertiary/aromatic N) is 1. The molecule has 0 aliphatic heterocycles. The molecule has 0 atom stereocenters. The van der Waals surface area contributed by atoms with Gasteiger partial charge in [-0.2, -0.15) is 0 Å². The van der Waals surface area contributed by atoms with Crippen molar-refractivity contribution in [2.24, 2.45) is 0 Å². The van der Waals surface area contributed by atoms with Gasteiger partial charge in [-0.1, -0.05) is 45.4 Å². The van der Waals surface area contributed by atoms with Gasteiger partial charge in [0.2, 0.25) is 0 Å². The summed E-state index contributed by atoms with van der Waals surface area (Å²) in [6.07, 6.45) is 8.25. The van der Waals surface area contributed by atoms with E-state index in [1.807, 2.05) is 0 Å². The van der Waals surface area contributed by atoms with Gasteiger partial charge in [0.05, 0.1) is 0 Å². The van der Waals surface area contributed by atoms with Crippen LogP contribution < -0.4 is 5.32 Å². The van der Waals surface area contributed by atoms with Crippen molar-refractivity contribution in [2.45, 2.75) is 51.9 Å². The Kier molecular flexibility index (Phi) is 9.66. The Morgan fingerprint density at radius 1 is 1.12 bits per heavy atom. The second-order valence-corrected chi connectivity index (χ2v) is 3.96. The van der Waals surface area contributed by atoms with E-state index in [4.69, 9.17) is 0 Å². The van der Waals surface area contributed by atoms with Crippen LogP contribution in [0.5, 0.6) is 0 Å². The van der Waals surface area contributed by atoms with Crippen molar-refractivity contribution in [2.75, 3.05) is 13.1 Å². The third-order valence-corrected chi connectivity index (χ3v) is 2.38. The molecule has 0 radical (unpaired) electrons. The van der Waals surface area contributed by atoms with Crippen LogP contribution in [0.1, 0.15) is 51.9 Å². The monoisotopic (exact) mass is 230 g/mol. The maximum atomic E-state index is 10.9.